The van der Waals surface area contributed by atoms with Crippen molar-refractivity contribution in [2.24, 2.45) is 0 Å². The molecule has 29 heavy (non-hydrogen) atoms. The molecule has 4 aromatic rings. The lowest BCUT2D eigenvalue weighted by molar-refractivity contribution is 0.0697. The maximum Gasteiger partial charge on any atom is 0.339 e. The van der Waals surface area contributed by atoms with Crippen LogP contribution in [0.15, 0.2) is 48.8 Å². The maximum absolute atomic E-state index is 13.2. The molecule has 3 N–H and O–H groups in total. The smallest absolute Gasteiger partial charge is 0.339 e. The van der Waals surface area contributed by atoms with E-state index in [9.17, 15) is 14.3 Å². The minimum atomic E-state index is -1.09. The van der Waals surface area contributed by atoms with E-state index in [0.29, 0.717) is 16.9 Å². The Kier molecular flexibility index (Phi) is 4.67. The first kappa shape index (κ1) is 18.5. The Balaban J connectivity index is 1.75. The van der Waals surface area contributed by atoms with Gasteiger partial charge in [0.1, 0.15) is 22.7 Å². The highest BCUT2D eigenvalue weighted by atomic mass is 19.1. The summed E-state index contributed by atoms with van der Waals surface area (Å²) in [5.74, 6) is -1.20. The third-order valence-electron chi connectivity index (χ3n) is 4.63. The summed E-state index contributed by atoms with van der Waals surface area (Å²) in [6.45, 7) is 3.70. The topological polar surface area (TPSA) is 104 Å². The lowest BCUT2D eigenvalue weighted by Crippen LogP contribution is -2.12. The molecule has 0 saturated heterocycles. The van der Waals surface area contributed by atoms with Crippen molar-refractivity contribution in [3.05, 3.63) is 71.4 Å². The molecule has 0 aliphatic carbocycles. The van der Waals surface area contributed by atoms with Crippen LogP contribution in [0.25, 0.3) is 22.4 Å². The van der Waals surface area contributed by atoms with Gasteiger partial charge in [0.2, 0.25) is 0 Å². The van der Waals surface area contributed by atoms with E-state index in [1.165, 1.54) is 18.2 Å². The highest BCUT2D eigenvalue weighted by Gasteiger charge is 2.18. The number of carboxylic acids is 1. The minimum Gasteiger partial charge on any atom is -0.478 e. The third-order valence-corrected chi connectivity index (χ3v) is 4.63. The van der Waals surface area contributed by atoms with Crippen LogP contribution in [0.3, 0.4) is 0 Å². The second kappa shape index (κ2) is 7.31. The molecule has 146 valence electrons. The van der Waals surface area contributed by atoms with Crippen LogP contribution >= 0.6 is 0 Å². The second-order valence-corrected chi connectivity index (χ2v) is 6.73. The standard InChI is InChI=1S/C21H18FN5O2/c1-11-9-23-20-18(25-11)16(10-24-20)17-8-7-15(21(28)29)19(27-17)26-12(2)13-3-5-14(22)6-4-13/h3-10,12H,1-2H3,(H,23,24)(H,26,27)(H,28,29)/t12-/m0/s1. The first-order valence-electron chi connectivity index (χ1n) is 9.00. The lowest BCUT2D eigenvalue weighted by atomic mass is 10.1. The fraction of sp³-hybridized carbons (Fsp3) is 0.143. The predicted octanol–water partition coefficient (Wildman–Crippen LogP) is 4.34. The van der Waals surface area contributed by atoms with Gasteiger partial charge in [-0.15, -0.1) is 0 Å². The molecule has 0 fully saturated rings. The van der Waals surface area contributed by atoms with Crippen molar-refractivity contribution in [1.82, 2.24) is 19.9 Å². The number of hydrogen-bond acceptors (Lipinski definition) is 5. The number of aromatic carboxylic acids is 1. The average molecular weight is 391 g/mol. The molecule has 1 atom stereocenters. The number of nitrogens with one attached hydrogen (secondary N) is 2. The summed E-state index contributed by atoms with van der Waals surface area (Å²) in [6.07, 6.45) is 3.42. The number of benzene rings is 1. The van der Waals surface area contributed by atoms with Gasteiger partial charge in [-0.05, 0) is 43.7 Å². The summed E-state index contributed by atoms with van der Waals surface area (Å²) in [4.78, 5) is 28.1. The van der Waals surface area contributed by atoms with Crippen LogP contribution in [0.1, 0.15) is 34.6 Å². The summed E-state index contributed by atoms with van der Waals surface area (Å²) in [7, 11) is 0. The molecule has 0 bridgehead atoms. The number of fused-ring (bicyclic) bond motifs is 1. The number of aryl methyl sites for hydroxylation is 1. The Morgan fingerprint density at radius 1 is 1.17 bits per heavy atom. The summed E-state index contributed by atoms with van der Waals surface area (Å²) in [6, 6.07) is 8.90. The molecule has 8 heteroatoms. The fourth-order valence-corrected chi connectivity index (χ4v) is 3.11. The zero-order chi connectivity index (χ0) is 20.5. The molecule has 0 aliphatic heterocycles. The Morgan fingerprint density at radius 2 is 1.93 bits per heavy atom. The Labute approximate surface area is 165 Å². The molecular formula is C21H18FN5O2. The number of carbonyl (C=O) groups is 1. The number of carboxylic acid groups (broad SMARTS) is 1. The van der Waals surface area contributed by atoms with E-state index in [4.69, 9.17) is 0 Å². The molecule has 0 radical (unpaired) electrons. The third kappa shape index (κ3) is 3.64. The van der Waals surface area contributed by atoms with Crippen LogP contribution in [0.4, 0.5) is 10.2 Å². The number of rotatable bonds is 5. The molecule has 0 amide bonds. The lowest BCUT2D eigenvalue weighted by Gasteiger charge is -2.17. The van der Waals surface area contributed by atoms with Gasteiger partial charge in [-0.2, -0.15) is 0 Å². The molecule has 4 rings (SSSR count). The van der Waals surface area contributed by atoms with Crippen molar-refractivity contribution < 1.29 is 14.3 Å². The first-order valence-corrected chi connectivity index (χ1v) is 9.00. The van der Waals surface area contributed by atoms with Crippen molar-refractivity contribution >= 4 is 23.0 Å². The highest BCUT2D eigenvalue weighted by molar-refractivity contribution is 5.95. The molecule has 3 heterocycles. The van der Waals surface area contributed by atoms with Gasteiger partial charge >= 0.3 is 5.97 Å². The monoisotopic (exact) mass is 391 g/mol. The van der Waals surface area contributed by atoms with Crippen LogP contribution in [0.2, 0.25) is 0 Å². The SMILES string of the molecule is Cc1cnc2[nH]cc(-c3ccc(C(=O)O)c(N[C@@H](C)c4ccc(F)cc4)n3)c2n1. The van der Waals surface area contributed by atoms with Gasteiger partial charge in [-0.1, -0.05) is 12.1 Å². The number of anilines is 1. The van der Waals surface area contributed by atoms with Gasteiger partial charge in [-0.25, -0.2) is 24.1 Å². The van der Waals surface area contributed by atoms with Gasteiger partial charge in [0.05, 0.1) is 17.6 Å². The normalized spacial score (nSPS) is 12.1. The van der Waals surface area contributed by atoms with Crippen LogP contribution in [0, 0.1) is 12.7 Å². The molecule has 1 aromatic carbocycles. The Morgan fingerprint density at radius 3 is 2.66 bits per heavy atom. The second-order valence-electron chi connectivity index (χ2n) is 6.73. The summed E-state index contributed by atoms with van der Waals surface area (Å²) >= 11 is 0. The number of nitrogens with zero attached hydrogens (tertiary/aromatic N) is 3. The first-order chi connectivity index (χ1) is 13.9. The van der Waals surface area contributed by atoms with Crippen LogP contribution in [-0.2, 0) is 0 Å². The molecule has 0 aliphatic rings. The summed E-state index contributed by atoms with van der Waals surface area (Å²) < 4.78 is 13.2. The number of H-pyrrole nitrogens is 1. The Bertz CT molecular complexity index is 1200. The fourth-order valence-electron chi connectivity index (χ4n) is 3.11. The largest absolute Gasteiger partial charge is 0.478 e. The molecular weight excluding hydrogens is 373 g/mol. The predicted molar refractivity (Wildman–Crippen MR) is 107 cm³/mol. The van der Waals surface area contributed by atoms with Crippen molar-refractivity contribution in [1.29, 1.82) is 0 Å². The van der Waals surface area contributed by atoms with Crippen LogP contribution in [0.5, 0.6) is 0 Å². The molecule has 0 unspecified atom stereocenters. The van der Waals surface area contributed by atoms with Crippen molar-refractivity contribution in [2.45, 2.75) is 19.9 Å². The van der Waals surface area contributed by atoms with Crippen LogP contribution < -0.4 is 5.32 Å². The number of halogens is 1. The van der Waals surface area contributed by atoms with E-state index in [1.54, 1.807) is 30.6 Å². The average Bonchev–Trinajstić information content (AvgIpc) is 3.11. The van der Waals surface area contributed by atoms with E-state index in [2.05, 4.69) is 25.3 Å². The maximum atomic E-state index is 13.2. The number of aromatic amines is 1. The zero-order valence-corrected chi connectivity index (χ0v) is 15.8. The van der Waals surface area contributed by atoms with Gasteiger partial charge in [-0.3, -0.25) is 0 Å². The van der Waals surface area contributed by atoms with Crippen molar-refractivity contribution in [3.63, 3.8) is 0 Å². The quantitative estimate of drug-likeness (QED) is 0.468. The van der Waals surface area contributed by atoms with Gasteiger partial charge in [0.15, 0.2) is 5.65 Å². The number of hydrogen-bond donors (Lipinski definition) is 3. The molecule has 0 spiro atoms. The van der Waals surface area contributed by atoms with Crippen LogP contribution in [-0.4, -0.2) is 31.0 Å². The van der Waals surface area contributed by atoms with E-state index >= 15 is 0 Å². The van der Waals surface area contributed by atoms with Gasteiger partial charge < -0.3 is 15.4 Å². The number of aromatic nitrogens is 4. The van der Waals surface area contributed by atoms with Gasteiger partial charge in [0.25, 0.3) is 0 Å². The highest BCUT2D eigenvalue weighted by Crippen LogP contribution is 2.29. The zero-order valence-electron chi connectivity index (χ0n) is 15.8. The summed E-state index contributed by atoms with van der Waals surface area (Å²) in [5, 5.41) is 12.7. The number of pyridine rings is 1. The van der Waals surface area contributed by atoms with E-state index in [0.717, 1.165) is 16.8 Å². The molecule has 7 nitrogen and oxygen atoms in total. The molecule has 3 aromatic heterocycles. The van der Waals surface area contributed by atoms with Crippen molar-refractivity contribution in [3.8, 4) is 11.3 Å². The molecule has 0 saturated carbocycles. The van der Waals surface area contributed by atoms with E-state index in [-0.39, 0.29) is 23.2 Å². The van der Waals surface area contributed by atoms with Gasteiger partial charge in [0, 0.05) is 17.8 Å². The summed E-state index contributed by atoms with van der Waals surface area (Å²) in [5.41, 5.74) is 4.21. The van der Waals surface area contributed by atoms with Crippen molar-refractivity contribution in [2.75, 3.05) is 5.32 Å². The minimum absolute atomic E-state index is 0.0461. The van der Waals surface area contributed by atoms with E-state index in [1.807, 2.05) is 13.8 Å². The van der Waals surface area contributed by atoms with E-state index < -0.39 is 5.97 Å². The Hall–Kier alpha value is -3.81.